The molecule has 0 saturated carbocycles. The van der Waals surface area contributed by atoms with E-state index in [1.54, 1.807) is 23.5 Å². The van der Waals surface area contributed by atoms with Gasteiger partial charge >= 0.3 is 0 Å². The number of aliphatic imine (C=N–C) groups is 1. The Bertz CT molecular complexity index is 1030. The molecule has 0 unspecified atom stereocenters. The van der Waals surface area contributed by atoms with Gasteiger partial charge in [-0.15, -0.1) is 21.5 Å². The fourth-order valence-corrected chi connectivity index (χ4v) is 4.52. The van der Waals surface area contributed by atoms with Crippen molar-refractivity contribution < 1.29 is 4.39 Å². The summed E-state index contributed by atoms with van der Waals surface area (Å²) in [6.07, 6.45) is 0. The number of fused-ring (bicyclic) bond motifs is 3. The van der Waals surface area contributed by atoms with E-state index in [1.807, 2.05) is 25.3 Å². The molecule has 4 nitrogen and oxygen atoms in total. The Morgan fingerprint density at radius 1 is 1.20 bits per heavy atom. The summed E-state index contributed by atoms with van der Waals surface area (Å²) in [4.78, 5) is 5.99. The standard InChI is InChI=1S/C18H16ClFN4S/c1-8-10(3)25-18-15(8)16(13-6-5-12(19)7-14(13)20)21-9(2)17-23-22-11(4)24(17)18/h5-7,9H,1-4H3/t9-/m0/s1. The summed E-state index contributed by atoms with van der Waals surface area (Å²) in [6, 6.07) is 4.48. The summed E-state index contributed by atoms with van der Waals surface area (Å²) >= 11 is 7.58. The molecule has 0 fully saturated rings. The first-order chi connectivity index (χ1) is 11.9. The van der Waals surface area contributed by atoms with E-state index in [0.29, 0.717) is 16.3 Å². The maximum Gasteiger partial charge on any atom is 0.162 e. The van der Waals surface area contributed by atoms with Gasteiger partial charge < -0.3 is 0 Å². The average Bonchev–Trinajstić information content (AvgIpc) is 3.02. The first-order valence-electron chi connectivity index (χ1n) is 7.94. The number of hydrogen-bond acceptors (Lipinski definition) is 4. The fourth-order valence-electron chi connectivity index (χ4n) is 3.15. The predicted octanol–water partition coefficient (Wildman–Crippen LogP) is 4.96. The molecule has 1 aromatic carbocycles. The third-order valence-corrected chi connectivity index (χ3v) is 5.97. The van der Waals surface area contributed by atoms with Gasteiger partial charge in [-0.25, -0.2) is 4.39 Å². The zero-order valence-corrected chi connectivity index (χ0v) is 15.8. The van der Waals surface area contributed by atoms with E-state index >= 15 is 0 Å². The highest BCUT2D eigenvalue weighted by Crippen LogP contribution is 2.38. The van der Waals surface area contributed by atoms with Gasteiger partial charge in [-0.05, 0) is 51.5 Å². The van der Waals surface area contributed by atoms with Crippen LogP contribution >= 0.6 is 22.9 Å². The van der Waals surface area contributed by atoms with Gasteiger partial charge in [-0.1, -0.05) is 11.6 Å². The molecular formula is C18H16ClFN4S. The van der Waals surface area contributed by atoms with E-state index in [-0.39, 0.29) is 11.9 Å². The van der Waals surface area contributed by atoms with Crippen LogP contribution < -0.4 is 0 Å². The first kappa shape index (κ1) is 16.4. The van der Waals surface area contributed by atoms with Crippen molar-refractivity contribution in [3.05, 3.63) is 62.3 Å². The van der Waals surface area contributed by atoms with E-state index in [2.05, 4.69) is 17.1 Å². The number of benzene rings is 1. The zero-order chi connectivity index (χ0) is 17.9. The smallest absolute Gasteiger partial charge is 0.162 e. The number of nitrogens with zero attached hydrogens (tertiary/aromatic N) is 4. The molecule has 3 heterocycles. The summed E-state index contributed by atoms with van der Waals surface area (Å²) in [5, 5.41) is 9.87. The molecule has 1 atom stereocenters. The van der Waals surface area contributed by atoms with Gasteiger partial charge in [0, 0.05) is 21.0 Å². The monoisotopic (exact) mass is 374 g/mol. The molecule has 0 radical (unpaired) electrons. The SMILES string of the molecule is Cc1sc2c(c1C)C(c1ccc(Cl)cc1F)=N[C@@H](C)c1nnc(C)n1-2. The van der Waals surface area contributed by atoms with E-state index in [1.165, 1.54) is 10.9 Å². The Kier molecular flexibility index (Phi) is 3.77. The van der Waals surface area contributed by atoms with Crippen molar-refractivity contribution in [1.29, 1.82) is 0 Å². The van der Waals surface area contributed by atoms with Crippen LogP contribution in [0.15, 0.2) is 23.2 Å². The van der Waals surface area contributed by atoms with Gasteiger partial charge in [-0.3, -0.25) is 9.56 Å². The normalized spacial score (nSPS) is 16.2. The summed E-state index contributed by atoms with van der Waals surface area (Å²) < 4.78 is 16.7. The molecule has 1 aliphatic heterocycles. The van der Waals surface area contributed by atoms with Crippen LogP contribution in [-0.2, 0) is 0 Å². The lowest BCUT2D eigenvalue weighted by molar-refractivity contribution is 0.625. The van der Waals surface area contributed by atoms with E-state index in [4.69, 9.17) is 16.6 Å². The molecule has 128 valence electrons. The van der Waals surface area contributed by atoms with E-state index < -0.39 is 0 Å². The van der Waals surface area contributed by atoms with Gasteiger partial charge in [0.2, 0.25) is 0 Å². The van der Waals surface area contributed by atoms with Crippen LogP contribution in [0.1, 0.15) is 46.2 Å². The molecule has 0 saturated heterocycles. The minimum atomic E-state index is -0.373. The Hall–Kier alpha value is -2.05. The van der Waals surface area contributed by atoms with Gasteiger partial charge in [0.25, 0.3) is 0 Å². The van der Waals surface area contributed by atoms with Crippen LogP contribution in [0.3, 0.4) is 0 Å². The summed E-state index contributed by atoms with van der Waals surface area (Å²) in [6.45, 7) is 7.98. The van der Waals surface area contributed by atoms with Crippen LogP contribution in [0.5, 0.6) is 0 Å². The number of halogens is 2. The van der Waals surface area contributed by atoms with Crippen LogP contribution in [0.2, 0.25) is 5.02 Å². The highest BCUT2D eigenvalue weighted by atomic mass is 35.5. The Morgan fingerprint density at radius 2 is 1.96 bits per heavy atom. The van der Waals surface area contributed by atoms with Gasteiger partial charge in [0.15, 0.2) is 5.82 Å². The number of rotatable bonds is 1. The number of aromatic nitrogens is 3. The first-order valence-corrected chi connectivity index (χ1v) is 9.13. The van der Waals surface area contributed by atoms with E-state index in [0.717, 1.165) is 27.8 Å². The summed E-state index contributed by atoms with van der Waals surface area (Å²) in [5.74, 6) is 1.20. The van der Waals surface area contributed by atoms with Gasteiger partial charge in [0.1, 0.15) is 22.7 Å². The van der Waals surface area contributed by atoms with Gasteiger partial charge in [0.05, 0.1) is 5.71 Å². The molecule has 25 heavy (non-hydrogen) atoms. The van der Waals surface area contributed by atoms with Crippen LogP contribution in [-0.4, -0.2) is 20.5 Å². The minimum absolute atomic E-state index is 0.231. The molecule has 3 aromatic rings. The third kappa shape index (κ3) is 2.43. The van der Waals surface area contributed by atoms with Crippen molar-refractivity contribution in [2.45, 2.75) is 33.7 Å². The highest BCUT2D eigenvalue weighted by Gasteiger charge is 2.30. The molecule has 0 amide bonds. The van der Waals surface area contributed by atoms with Crippen molar-refractivity contribution in [1.82, 2.24) is 14.8 Å². The summed E-state index contributed by atoms with van der Waals surface area (Å²) in [7, 11) is 0. The third-order valence-electron chi connectivity index (χ3n) is 4.54. The number of hydrogen-bond donors (Lipinski definition) is 0. The van der Waals surface area contributed by atoms with Gasteiger partial charge in [-0.2, -0.15) is 0 Å². The van der Waals surface area contributed by atoms with Crippen molar-refractivity contribution in [3.8, 4) is 5.00 Å². The Labute approximate surface area is 154 Å². The second-order valence-electron chi connectivity index (χ2n) is 6.18. The second kappa shape index (κ2) is 5.75. The second-order valence-corrected chi connectivity index (χ2v) is 7.82. The Balaban J connectivity index is 2.07. The number of thiophene rings is 1. The van der Waals surface area contributed by atoms with Crippen LogP contribution in [0.25, 0.3) is 5.00 Å². The lowest BCUT2D eigenvalue weighted by Crippen LogP contribution is -2.09. The van der Waals surface area contributed by atoms with Crippen molar-refractivity contribution in [2.75, 3.05) is 0 Å². The van der Waals surface area contributed by atoms with Crippen molar-refractivity contribution in [2.24, 2.45) is 4.99 Å². The maximum atomic E-state index is 14.7. The predicted molar refractivity (Wildman–Crippen MR) is 98.9 cm³/mol. The molecule has 2 aromatic heterocycles. The lowest BCUT2D eigenvalue weighted by Gasteiger charge is -2.10. The average molecular weight is 375 g/mol. The van der Waals surface area contributed by atoms with Crippen LogP contribution in [0.4, 0.5) is 4.39 Å². The molecule has 0 aliphatic carbocycles. The number of aryl methyl sites for hydroxylation is 2. The molecule has 0 bridgehead atoms. The molecule has 7 heteroatoms. The largest absolute Gasteiger partial charge is 0.273 e. The Morgan fingerprint density at radius 3 is 2.68 bits per heavy atom. The molecule has 4 rings (SSSR count). The molecule has 1 aliphatic rings. The molecule has 0 N–H and O–H groups in total. The van der Waals surface area contributed by atoms with Crippen molar-refractivity contribution in [3.63, 3.8) is 0 Å². The fraction of sp³-hybridized carbons (Fsp3) is 0.278. The van der Waals surface area contributed by atoms with Crippen LogP contribution in [0, 0.1) is 26.6 Å². The lowest BCUT2D eigenvalue weighted by atomic mass is 9.99. The van der Waals surface area contributed by atoms with E-state index in [9.17, 15) is 4.39 Å². The quantitative estimate of drug-likeness (QED) is 0.604. The zero-order valence-electron chi connectivity index (χ0n) is 14.3. The molecule has 0 spiro atoms. The molecular weight excluding hydrogens is 359 g/mol. The highest BCUT2D eigenvalue weighted by molar-refractivity contribution is 7.15. The summed E-state index contributed by atoms with van der Waals surface area (Å²) in [5.41, 5.74) is 3.14. The topological polar surface area (TPSA) is 43.1 Å². The maximum absolute atomic E-state index is 14.7. The minimum Gasteiger partial charge on any atom is -0.273 e. The van der Waals surface area contributed by atoms with Crippen molar-refractivity contribution >= 4 is 28.6 Å².